The molecule has 0 aliphatic rings. The van der Waals surface area contributed by atoms with Crippen LogP contribution in [0.1, 0.15) is 18.4 Å². The summed E-state index contributed by atoms with van der Waals surface area (Å²) in [5.41, 5.74) is 0.766. The van der Waals surface area contributed by atoms with Crippen LogP contribution in [-0.2, 0) is 21.1 Å². The third kappa shape index (κ3) is 12.4. The Hall–Kier alpha value is 3.21. The summed E-state index contributed by atoms with van der Waals surface area (Å²) < 4.78 is 49.4. The summed E-state index contributed by atoms with van der Waals surface area (Å²) in [6.45, 7) is 0. The summed E-state index contributed by atoms with van der Waals surface area (Å²) in [4.78, 5) is 19.5. The van der Waals surface area contributed by atoms with Crippen LogP contribution in [0.5, 0.6) is 11.5 Å². The van der Waals surface area contributed by atoms with Crippen LogP contribution in [0.2, 0.25) is 0 Å². The van der Waals surface area contributed by atoms with Crippen molar-refractivity contribution in [3.63, 3.8) is 0 Å². The molecule has 2 aromatic rings. The predicted octanol–water partition coefficient (Wildman–Crippen LogP) is -7.40. The first-order chi connectivity index (χ1) is 11.7. The minimum atomic E-state index is -5.50. The zero-order valence-electron chi connectivity index (χ0n) is 16.1. The van der Waals surface area contributed by atoms with E-state index in [-0.39, 0.29) is 161 Å². The van der Waals surface area contributed by atoms with Crippen molar-refractivity contribution >= 4 is 17.7 Å². The van der Waals surface area contributed by atoms with E-state index in [1.807, 2.05) is 18.2 Å². The first kappa shape index (κ1) is 33.4. The van der Waals surface area contributed by atoms with E-state index in [9.17, 15) is 27.3 Å². The van der Waals surface area contributed by atoms with Crippen LogP contribution in [-0.4, -0.2) is 18.0 Å². The number of para-hydroxylation sites is 1. The summed E-state index contributed by atoms with van der Waals surface area (Å²) >= 11 is 0. The Kier molecular flexibility index (Phi) is 19.0. The number of aryl methyl sites for hydroxylation is 1. The molecule has 2 rings (SSSR count). The predicted molar refractivity (Wildman–Crippen MR) is 87.0 cm³/mol. The second-order valence-electron chi connectivity index (χ2n) is 5.44. The molecule has 0 spiro atoms. The molecule has 0 unspecified atom stereocenters. The second kappa shape index (κ2) is 15.9. The van der Waals surface area contributed by atoms with E-state index >= 15 is 0 Å². The Morgan fingerprint density at radius 3 is 2.04 bits per heavy atom. The molecule has 2 aromatic carbocycles. The smallest absolute Gasteiger partial charge is 0.810 e. The minimum Gasteiger partial charge on any atom is -0.810 e. The van der Waals surface area contributed by atoms with Gasteiger partial charge in [0.2, 0.25) is 0 Å². The summed E-state index contributed by atoms with van der Waals surface area (Å²) in [7, 11) is -10.7. The Morgan fingerprint density at radius 1 is 0.929 bits per heavy atom. The number of rotatable bonds is 8. The van der Waals surface area contributed by atoms with E-state index in [4.69, 9.17) is 4.74 Å². The molecule has 0 fully saturated rings. The van der Waals surface area contributed by atoms with Gasteiger partial charge in [-0.2, -0.15) is 0 Å². The summed E-state index contributed by atoms with van der Waals surface area (Å²) in [5.74, 6) is 1.21. The first-order valence-electron chi connectivity index (χ1n) is 7.44. The van der Waals surface area contributed by atoms with E-state index < -0.39 is 29.1 Å². The fourth-order valence-electron chi connectivity index (χ4n) is 2.33. The van der Waals surface area contributed by atoms with Crippen molar-refractivity contribution < 1.29 is 186 Å². The first-order valence-corrected chi connectivity index (χ1v) is 10.5. The maximum atomic E-state index is 11.0. The summed E-state index contributed by atoms with van der Waals surface area (Å²) in [6.07, 6.45) is -0.159. The van der Waals surface area contributed by atoms with Crippen LogP contribution < -0.4 is 169 Å². The molecule has 0 saturated heterocycles. The molecule has 0 aromatic heterocycles. The average molecular weight is 501 g/mol. The second-order valence-corrected chi connectivity index (χ2v) is 9.05. The van der Waals surface area contributed by atoms with Gasteiger partial charge in [-0.15, -0.1) is 0 Å². The molecule has 0 radical (unpaired) electrons. The fraction of sp³-hybridized carbons (Fsp3) is 0.250. The molecule has 0 bridgehead atoms. The van der Waals surface area contributed by atoms with E-state index in [1.54, 1.807) is 36.4 Å². The van der Waals surface area contributed by atoms with Gasteiger partial charge in [0.25, 0.3) is 0 Å². The quantitative estimate of drug-likeness (QED) is 0.200. The van der Waals surface area contributed by atoms with Crippen molar-refractivity contribution in [2.24, 2.45) is 0 Å². The summed E-state index contributed by atoms with van der Waals surface area (Å²) in [5, 5.41) is 0. The van der Waals surface area contributed by atoms with Gasteiger partial charge in [-0.25, -0.2) is 8.42 Å². The molecule has 0 N–H and O–H groups in total. The van der Waals surface area contributed by atoms with Crippen molar-refractivity contribution in [1.29, 1.82) is 0 Å². The van der Waals surface area contributed by atoms with E-state index in [1.165, 1.54) is 0 Å². The van der Waals surface area contributed by atoms with Crippen LogP contribution >= 0.6 is 7.60 Å². The van der Waals surface area contributed by atoms with Gasteiger partial charge in [0.05, 0.1) is 4.99 Å². The molecule has 7 nitrogen and oxygen atoms in total. The number of benzene rings is 2. The number of ether oxygens (including phenoxy) is 1. The maximum absolute atomic E-state index is 11.0. The molecule has 1 atom stereocenters. The molecule has 12 heteroatoms. The van der Waals surface area contributed by atoms with Crippen LogP contribution in [0, 0.1) is 0 Å². The Labute approximate surface area is 293 Å². The zero-order valence-corrected chi connectivity index (χ0v) is 27.2. The molecule has 0 amide bonds. The average Bonchev–Trinajstić information content (AvgIpc) is 2.50. The zero-order chi connectivity index (χ0) is 18.5. The standard InChI is InChI=1S/C16H19O7PS.3K/c17-24(18,19)16(25(20,21)22)11-5-7-13-6-4-10-15(12-13)23-14-8-2-1-3-9-14;;;/h1-4,6,8-10,12,16H,5,7,11H2,(H2,17,18,19)(H,20,21,22);;;/q;3*+1/p-3/t16-;;;/m1.../s1. The molecule has 0 saturated carbocycles. The topological polar surface area (TPSA) is 130 Å². The maximum Gasteiger partial charge on any atom is 1.00 e. The van der Waals surface area contributed by atoms with Gasteiger partial charge in [0.1, 0.15) is 21.6 Å². The van der Waals surface area contributed by atoms with Gasteiger partial charge in [0, 0.05) is 0 Å². The molecular formula is C16H16K3O7PS. The minimum absolute atomic E-state index is 0. The van der Waals surface area contributed by atoms with Crippen molar-refractivity contribution in [2.45, 2.75) is 24.3 Å². The van der Waals surface area contributed by atoms with Crippen molar-refractivity contribution in [2.75, 3.05) is 0 Å². The molecule has 28 heavy (non-hydrogen) atoms. The molecule has 0 aliphatic heterocycles. The Morgan fingerprint density at radius 2 is 1.50 bits per heavy atom. The van der Waals surface area contributed by atoms with Crippen molar-refractivity contribution in [3.8, 4) is 11.5 Å². The number of hydrogen-bond donors (Lipinski definition) is 0. The van der Waals surface area contributed by atoms with E-state index in [0.717, 1.165) is 5.56 Å². The SMILES string of the molecule is O=P([O-])([O-])[C@@H](CCCc1cccc(Oc2ccccc2)c1)S(=O)(=O)[O-].[K+].[K+].[K+]. The molecule has 136 valence electrons. The molecule has 0 heterocycles. The molecule has 0 aliphatic carbocycles. The third-order valence-electron chi connectivity index (χ3n) is 3.48. The van der Waals surface area contributed by atoms with Crippen molar-refractivity contribution in [1.82, 2.24) is 0 Å². The van der Waals surface area contributed by atoms with Crippen LogP contribution in [0.4, 0.5) is 0 Å². The van der Waals surface area contributed by atoms with Gasteiger partial charge < -0.3 is 23.6 Å². The van der Waals surface area contributed by atoms with Crippen LogP contribution in [0.15, 0.2) is 54.6 Å². The monoisotopic (exact) mass is 500 g/mol. The fourth-order valence-corrected chi connectivity index (χ4v) is 4.55. The molecular weight excluding hydrogens is 485 g/mol. The van der Waals surface area contributed by atoms with Gasteiger partial charge in [-0.3, -0.25) is 0 Å². The summed E-state index contributed by atoms with van der Waals surface area (Å²) in [6, 6.07) is 16.0. The van der Waals surface area contributed by atoms with Crippen molar-refractivity contribution in [3.05, 3.63) is 60.2 Å². The largest absolute Gasteiger partial charge is 1.00 e. The van der Waals surface area contributed by atoms with Gasteiger partial charge >= 0.3 is 154 Å². The Balaban J connectivity index is 0. The van der Waals surface area contributed by atoms with Gasteiger partial charge in [0.15, 0.2) is 0 Å². The van der Waals surface area contributed by atoms with E-state index in [2.05, 4.69) is 0 Å². The van der Waals surface area contributed by atoms with Gasteiger partial charge in [-0.05, 0) is 49.1 Å². The van der Waals surface area contributed by atoms with Gasteiger partial charge in [-0.1, -0.05) is 37.9 Å². The Bertz CT molecular complexity index is 860. The van der Waals surface area contributed by atoms with Crippen LogP contribution in [0.25, 0.3) is 0 Å². The third-order valence-corrected chi connectivity index (χ3v) is 6.89. The van der Waals surface area contributed by atoms with Crippen LogP contribution in [0.3, 0.4) is 0 Å². The normalized spacial score (nSPS) is 12.0. The number of hydrogen-bond acceptors (Lipinski definition) is 7. The van der Waals surface area contributed by atoms with E-state index in [0.29, 0.717) is 17.9 Å².